The van der Waals surface area contributed by atoms with E-state index in [4.69, 9.17) is 15.2 Å². The first kappa shape index (κ1) is 12.9. The van der Waals surface area contributed by atoms with Gasteiger partial charge < -0.3 is 19.7 Å². The summed E-state index contributed by atoms with van der Waals surface area (Å²) in [5, 5.41) is 3.69. The van der Waals surface area contributed by atoms with Crippen molar-refractivity contribution >= 4 is 0 Å². The third-order valence-electron chi connectivity index (χ3n) is 3.26. The molecule has 2 aromatic rings. The molecule has 2 N–H and O–H groups in total. The Hall–Kier alpha value is -2.08. The molecule has 6 nitrogen and oxygen atoms in total. The Balaban J connectivity index is 1.78. The van der Waals surface area contributed by atoms with Crippen LogP contribution >= 0.6 is 0 Å². The summed E-state index contributed by atoms with van der Waals surface area (Å²) in [6.07, 6.45) is 2.07. The zero-order valence-corrected chi connectivity index (χ0v) is 11.5. The first-order valence-corrected chi connectivity index (χ1v) is 6.50. The van der Waals surface area contributed by atoms with Crippen LogP contribution in [0.5, 0.6) is 11.5 Å². The van der Waals surface area contributed by atoms with E-state index in [-0.39, 0.29) is 18.2 Å². The highest BCUT2D eigenvalue weighted by molar-refractivity contribution is 5.44. The lowest BCUT2D eigenvalue weighted by Crippen LogP contribution is -2.37. The summed E-state index contributed by atoms with van der Waals surface area (Å²) >= 11 is 0. The highest BCUT2D eigenvalue weighted by Crippen LogP contribution is 2.40. The van der Waals surface area contributed by atoms with Crippen molar-refractivity contribution in [2.45, 2.75) is 38.5 Å². The molecule has 0 radical (unpaired) electrons. The molecule has 0 fully saturated rings. The number of hydrogen-bond acceptors (Lipinski definition) is 6. The van der Waals surface area contributed by atoms with Crippen molar-refractivity contribution in [3.05, 3.63) is 36.0 Å². The SMILES string of the molecule is CC1(C)CC(N)c2ccc(OCc3ncon3)cc2O1. The minimum atomic E-state index is -0.265. The molecule has 1 aromatic carbocycles. The van der Waals surface area contributed by atoms with Crippen LogP contribution in [0.1, 0.15) is 37.7 Å². The van der Waals surface area contributed by atoms with E-state index in [1.807, 2.05) is 32.0 Å². The maximum atomic E-state index is 6.17. The average Bonchev–Trinajstić information content (AvgIpc) is 2.87. The Morgan fingerprint density at radius 2 is 2.30 bits per heavy atom. The second-order valence-corrected chi connectivity index (χ2v) is 5.51. The van der Waals surface area contributed by atoms with E-state index in [0.29, 0.717) is 11.6 Å². The maximum absolute atomic E-state index is 6.17. The van der Waals surface area contributed by atoms with Crippen molar-refractivity contribution in [2.75, 3.05) is 0 Å². The molecule has 20 heavy (non-hydrogen) atoms. The number of nitrogens with zero attached hydrogens (tertiary/aromatic N) is 2. The van der Waals surface area contributed by atoms with Crippen molar-refractivity contribution < 1.29 is 14.0 Å². The lowest BCUT2D eigenvalue weighted by molar-refractivity contribution is 0.0724. The highest BCUT2D eigenvalue weighted by atomic mass is 16.5. The zero-order chi connectivity index (χ0) is 14.2. The van der Waals surface area contributed by atoms with Crippen LogP contribution in [0.25, 0.3) is 0 Å². The molecular formula is C14H17N3O3. The number of aromatic nitrogens is 2. The molecule has 0 saturated heterocycles. The largest absolute Gasteiger partial charge is 0.487 e. The van der Waals surface area contributed by atoms with E-state index in [0.717, 1.165) is 17.7 Å². The Labute approximate surface area is 116 Å². The van der Waals surface area contributed by atoms with E-state index < -0.39 is 0 Å². The average molecular weight is 275 g/mol. The van der Waals surface area contributed by atoms with Gasteiger partial charge in [0.2, 0.25) is 12.2 Å². The van der Waals surface area contributed by atoms with Crippen molar-refractivity contribution in [2.24, 2.45) is 5.73 Å². The summed E-state index contributed by atoms with van der Waals surface area (Å²) in [7, 11) is 0. The molecule has 0 amide bonds. The minimum absolute atomic E-state index is 0.0139. The number of benzene rings is 1. The van der Waals surface area contributed by atoms with Crippen molar-refractivity contribution in [1.82, 2.24) is 10.1 Å². The molecule has 1 aliphatic rings. The summed E-state index contributed by atoms with van der Waals surface area (Å²) in [5.74, 6) is 1.97. The second kappa shape index (κ2) is 4.79. The number of rotatable bonds is 3. The fraction of sp³-hybridized carbons (Fsp3) is 0.429. The monoisotopic (exact) mass is 275 g/mol. The molecule has 2 heterocycles. The van der Waals surface area contributed by atoms with E-state index in [1.54, 1.807) is 0 Å². The van der Waals surface area contributed by atoms with Gasteiger partial charge in [0.25, 0.3) is 0 Å². The molecule has 1 atom stereocenters. The van der Waals surface area contributed by atoms with Crippen LogP contribution in [-0.2, 0) is 6.61 Å². The highest BCUT2D eigenvalue weighted by Gasteiger charge is 2.31. The zero-order valence-electron chi connectivity index (χ0n) is 11.5. The number of fused-ring (bicyclic) bond motifs is 1. The summed E-state index contributed by atoms with van der Waals surface area (Å²) in [6.45, 7) is 4.32. The number of nitrogens with two attached hydrogens (primary N) is 1. The van der Waals surface area contributed by atoms with Gasteiger partial charge in [0.1, 0.15) is 17.1 Å². The molecule has 1 aliphatic heterocycles. The van der Waals surface area contributed by atoms with Gasteiger partial charge in [-0.2, -0.15) is 4.98 Å². The predicted octanol–water partition coefficient (Wildman–Crippen LogP) is 2.21. The molecule has 0 spiro atoms. The van der Waals surface area contributed by atoms with Gasteiger partial charge in [-0.25, -0.2) is 0 Å². The van der Waals surface area contributed by atoms with Crippen molar-refractivity contribution in [3.8, 4) is 11.5 Å². The fourth-order valence-electron chi connectivity index (χ4n) is 2.38. The van der Waals surface area contributed by atoms with Gasteiger partial charge in [0, 0.05) is 24.1 Å². The normalized spacial score (nSPS) is 20.1. The summed E-state index contributed by atoms with van der Waals surface area (Å²) in [5.41, 5.74) is 6.92. The molecule has 0 bridgehead atoms. The third-order valence-corrected chi connectivity index (χ3v) is 3.26. The van der Waals surface area contributed by atoms with Crippen LogP contribution in [0.15, 0.2) is 29.1 Å². The molecule has 1 unspecified atom stereocenters. The number of ether oxygens (including phenoxy) is 2. The Morgan fingerprint density at radius 1 is 1.45 bits per heavy atom. The molecule has 6 heteroatoms. The van der Waals surface area contributed by atoms with Crippen LogP contribution in [0, 0.1) is 0 Å². The first-order valence-electron chi connectivity index (χ1n) is 6.50. The molecule has 106 valence electrons. The minimum Gasteiger partial charge on any atom is -0.487 e. The lowest BCUT2D eigenvalue weighted by Gasteiger charge is -2.36. The molecule has 0 saturated carbocycles. The summed E-state index contributed by atoms with van der Waals surface area (Å²) < 4.78 is 16.2. The van der Waals surface area contributed by atoms with Gasteiger partial charge in [-0.05, 0) is 19.9 Å². The van der Waals surface area contributed by atoms with Gasteiger partial charge in [-0.3, -0.25) is 0 Å². The van der Waals surface area contributed by atoms with E-state index in [2.05, 4.69) is 14.7 Å². The van der Waals surface area contributed by atoms with Gasteiger partial charge >= 0.3 is 0 Å². The van der Waals surface area contributed by atoms with Crippen LogP contribution in [-0.4, -0.2) is 15.7 Å². The topological polar surface area (TPSA) is 83.4 Å². The summed E-state index contributed by atoms with van der Waals surface area (Å²) in [6, 6.07) is 5.66. The molecule has 0 aliphatic carbocycles. The van der Waals surface area contributed by atoms with Gasteiger partial charge in [0.05, 0.1) is 0 Å². The smallest absolute Gasteiger partial charge is 0.213 e. The Bertz CT molecular complexity index is 596. The maximum Gasteiger partial charge on any atom is 0.213 e. The van der Waals surface area contributed by atoms with Crippen LogP contribution in [0.2, 0.25) is 0 Å². The van der Waals surface area contributed by atoms with Gasteiger partial charge in [-0.1, -0.05) is 11.2 Å². The first-order chi connectivity index (χ1) is 9.53. The van der Waals surface area contributed by atoms with Crippen LogP contribution < -0.4 is 15.2 Å². The quantitative estimate of drug-likeness (QED) is 0.924. The van der Waals surface area contributed by atoms with Gasteiger partial charge in [-0.15, -0.1) is 0 Å². The lowest BCUT2D eigenvalue weighted by atomic mass is 9.90. The summed E-state index contributed by atoms with van der Waals surface area (Å²) in [4.78, 5) is 3.90. The second-order valence-electron chi connectivity index (χ2n) is 5.51. The third kappa shape index (κ3) is 2.60. The molecule has 1 aromatic heterocycles. The van der Waals surface area contributed by atoms with Crippen LogP contribution in [0.3, 0.4) is 0 Å². The Morgan fingerprint density at radius 3 is 3.05 bits per heavy atom. The van der Waals surface area contributed by atoms with Crippen molar-refractivity contribution in [3.63, 3.8) is 0 Å². The van der Waals surface area contributed by atoms with Gasteiger partial charge in [0.15, 0.2) is 6.61 Å². The molecule has 3 rings (SSSR count). The predicted molar refractivity (Wildman–Crippen MR) is 71.3 cm³/mol. The van der Waals surface area contributed by atoms with E-state index in [1.165, 1.54) is 6.39 Å². The Kier molecular flexibility index (Phi) is 3.10. The van der Waals surface area contributed by atoms with E-state index in [9.17, 15) is 0 Å². The van der Waals surface area contributed by atoms with Crippen LogP contribution in [0.4, 0.5) is 0 Å². The molecular weight excluding hydrogens is 258 g/mol. The van der Waals surface area contributed by atoms with Crippen molar-refractivity contribution in [1.29, 1.82) is 0 Å². The fourth-order valence-corrected chi connectivity index (χ4v) is 2.38. The number of hydrogen-bond donors (Lipinski definition) is 1. The standard InChI is InChI=1S/C14H17N3O3/c1-14(2)6-11(15)10-4-3-9(5-12(10)20-14)18-7-13-16-8-19-17-13/h3-5,8,11H,6-7,15H2,1-2H3. The van der Waals surface area contributed by atoms with E-state index >= 15 is 0 Å².